The first kappa shape index (κ1) is 12.3. The summed E-state index contributed by atoms with van der Waals surface area (Å²) < 4.78 is 53.9. The zero-order chi connectivity index (χ0) is 9.35. The van der Waals surface area contributed by atoms with Crippen LogP contribution in [0.15, 0.2) is 23.1 Å². The highest BCUT2D eigenvalue weighted by atomic mass is 35.5. The number of hydrogen-bond donors (Lipinski definition) is 1. The third kappa shape index (κ3) is 2.91. The summed E-state index contributed by atoms with van der Waals surface area (Å²) in [5, 5.41) is 0. The fourth-order valence-electron chi connectivity index (χ4n) is 0.684. The minimum atomic E-state index is -4.59. The van der Waals surface area contributed by atoms with E-state index in [1.165, 1.54) is 0 Å². The van der Waals surface area contributed by atoms with Gasteiger partial charge >= 0.3 is 0 Å². The molecule has 0 spiro atoms. The van der Waals surface area contributed by atoms with Crippen molar-refractivity contribution in [3.05, 3.63) is 29.8 Å². The van der Waals surface area contributed by atoms with E-state index < -0.39 is 26.6 Å². The van der Waals surface area contributed by atoms with Crippen LogP contribution in [0.2, 0.25) is 0 Å². The van der Waals surface area contributed by atoms with Gasteiger partial charge in [0.2, 0.25) is 0 Å². The van der Waals surface area contributed by atoms with E-state index in [2.05, 4.69) is 0 Å². The van der Waals surface area contributed by atoms with Crippen LogP contribution in [0.1, 0.15) is 0 Å². The summed E-state index contributed by atoms with van der Waals surface area (Å²) in [6, 6.07) is 1.77. The predicted octanol–water partition coefficient (Wildman–Crippen LogP) is 1.63. The first-order valence-corrected chi connectivity index (χ1v) is 4.28. The third-order valence-corrected chi connectivity index (χ3v) is 2.06. The van der Waals surface area contributed by atoms with Gasteiger partial charge in [-0.25, -0.2) is 8.78 Å². The zero-order valence-electron chi connectivity index (χ0n) is 6.07. The van der Waals surface area contributed by atoms with Gasteiger partial charge in [0.1, 0.15) is 16.5 Å². The highest BCUT2D eigenvalue weighted by Crippen LogP contribution is 2.14. The lowest BCUT2D eigenvalue weighted by molar-refractivity contribution is 0.471. The fraction of sp³-hybridized carbons (Fsp3) is 0. The van der Waals surface area contributed by atoms with Crippen molar-refractivity contribution in [1.29, 1.82) is 0 Å². The van der Waals surface area contributed by atoms with Gasteiger partial charge in [0.05, 0.1) is 0 Å². The lowest BCUT2D eigenvalue weighted by atomic mass is 10.3. The second-order valence-corrected chi connectivity index (χ2v) is 3.44. The van der Waals surface area contributed by atoms with Crippen molar-refractivity contribution in [3.8, 4) is 0 Å². The number of hydrogen-bond acceptors (Lipinski definition) is 2. The molecule has 74 valence electrons. The third-order valence-electron chi connectivity index (χ3n) is 1.17. The molecule has 0 saturated carbocycles. The second kappa shape index (κ2) is 3.99. The molecule has 0 radical (unpaired) electrons. The monoisotopic (exact) mass is 230 g/mol. The van der Waals surface area contributed by atoms with Crippen molar-refractivity contribution in [2.45, 2.75) is 4.90 Å². The molecule has 1 aromatic rings. The predicted molar refractivity (Wildman–Crippen MR) is 43.4 cm³/mol. The van der Waals surface area contributed by atoms with E-state index in [0.717, 1.165) is 6.07 Å². The molecule has 0 bridgehead atoms. The molecule has 13 heavy (non-hydrogen) atoms. The number of benzene rings is 1. The molecule has 0 fully saturated rings. The van der Waals surface area contributed by atoms with Crippen LogP contribution >= 0.6 is 12.4 Å². The van der Waals surface area contributed by atoms with Crippen molar-refractivity contribution >= 4 is 22.5 Å². The Kier molecular flexibility index (Phi) is 3.77. The Bertz CT molecular complexity index is 404. The normalized spacial score (nSPS) is 10.7. The van der Waals surface area contributed by atoms with Crippen molar-refractivity contribution in [2.75, 3.05) is 0 Å². The second-order valence-electron chi connectivity index (χ2n) is 2.05. The highest BCUT2D eigenvalue weighted by molar-refractivity contribution is 7.85. The Morgan fingerprint density at radius 2 is 1.77 bits per heavy atom. The highest BCUT2D eigenvalue weighted by Gasteiger charge is 2.15. The van der Waals surface area contributed by atoms with Crippen LogP contribution in [-0.4, -0.2) is 13.0 Å². The molecule has 0 amide bonds. The lowest BCUT2D eigenvalue weighted by Crippen LogP contribution is -2.01. The van der Waals surface area contributed by atoms with E-state index in [0.29, 0.717) is 12.1 Å². The largest absolute Gasteiger partial charge is 0.297 e. The van der Waals surface area contributed by atoms with Gasteiger partial charge in [-0.05, 0) is 12.1 Å². The van der Waals surface area contributed by atoms with Crippen molar-refractivity contribution in [1.82, 2.24) is 0 Å². The Morgan fingerprint density at radius 3 is 2.15 bits per heavy atom. The molecule has 0 aromatic heterocycles. The molecule has 0 unspecified atom stereocenters. The Morgan fingerprint density at radius 1 is 1.23 bits per heavy atom. The average molecular weight is 231 g/mol. The summed E-state index contributed by atoms with van der Waals surface area (Å²) in [6.45, 7) is 0. The van der Waals surface area contributed by atoms with Gasteiger partial charge in [0.25, 0.3) is 10.1 Å². The quantitative estimate of drug-likeness (QED) is 0.746. The fourth-order valence-corrected chi connectivity index (χ4v) is 1.23. The van der Waals surface area contributed by atoms with Crippen molar-refractivity contribution in [3.63, 3.8) is 0 Å². The van der Waals surface area contributed by atoms with Crippen LogP contribution < -0.4 is 0 Å². The molecule has 1 aromatic carbocycles. The Balaban J connectivity index is 0.00000144. The summed E-state index contributed by atoms with van der Waals surface area (Å²) in [4.78, 5) is -0.927. The lowest BCUT2D eigenvalue weighted by Gasteiger charge is -1.97. The van der Waals surface area contributed by atoms with E-state index in [4.69, 9.17) is 4.55 Å². The van der Waals surface area contributed by atoms with E-state index in [1.807, 2.05) is 0 Å². The molecule has 0 aliphatic carbocycles. The topological polar surface area (TPSA) is 54.4 Å². The molecule has 3 nitrogen and oxygen atoms in total. The first-order chi connectivity index (χ1) is 5.41. The van der Waals surface area contributed by atoms with Crippen molar-refractivity contribution < 1.29 is 21.8 Å². The van der Waals surface area contributed by atoms with E-state index in [9.17, 15) is 17.2 Å². The molecule has 0 saturated heterocycles. The molecule has 0 aliphatic rings. The summed E-state index contributed by atoms with van der Waals surface area (Å²) in [5.41, 5.74) is 0. The number of rotatable bonds is 1. The molecular formula is C6H5ClF2O3S. The van der Waals surface area contributed by atoms with Gasteiger partial charge in [0.15, 0.2) is 0 Å². The molecule has 0 heterocycles. The van der Waals surface area contributed by atoms with E-state index in [-0.39, 0.29) is 12.4 Å². The van der Waals surface area contributed by atoms with E-state index >= 15 is 0 Å². The smallest absolute Gasteiger partial charge is 0.282 e. The Labute approximate surface area is 79.5 Å². The minimum Gasteiger partial charge on any atom is -0.282 e. The minimum absolute atomic E-state index is 0. The van der Waals surface area contributed by atoms with Gasteiger partial charge in [-0.3, -0.25) is 4.55 Å². The maximum Gasteiger partial charge on any atom is 0.297 e. The molecule has 0 atom stereocenters. The summed E-state index contributed by atoms with van der Waals surface area (Å²) in [5.74, 6) is -2.21. The maximum absolute atomic E-state index is 12.6. The van der Waals surface area contributed by atoms with Crippen LogP contribution in [0, 0.1) is 11.6 Å². The van der Waals surface area contributed by atoms with Gasteiger partial charge in [0, 0.05) is 6.07 Å². The van der Waals surface area contributed by atoms with Crippen molar-refractivity contribution in [2.24, 2.45) is 0 Å². The maximum atomic E-state index is 12.6. The summed E-state index contributed by atoms with van der Waals surface area (Å²) in [6.07, 6.45) is 0. The number of halogens is 3. The SMILES string of the molecule is Cl.O=S(=O)(O)c1ccc(F)cc1F. The molecule has 1 rings (SSSR count). The molecule has 1 N–H and O–H groups in total. The van der Waals surface area contributed by atoms with Gasteiger partial charge < -0.3 is 0 Å². The summed E-state index contributed by atoms with van der Waals surface area (Å²) in [7, 11) is -4.59. The van der Waals surface area contributed by atoms with Crippen LogP contribution in [0.5, 0.6) is 0 Å². The molecular weight excluding hydrogens is 226 g/mol. The van der Waals surface area contributed by atoms with Gasteiger partial charge in [-0.15, -0.1) is 12.4 Å². The van der Waals surface area contributed by atoms with Crippen LogP contribution in [0.3, 0.4) is 0 Å². The van der Waals surface area contributed by atoms with Crippen LogP contribution in [0.25, 0.3) is 0 Å². The molecule has 7 heteroatoms. The van der Waals surface area contributed by atoms with E-state index in [1.54, 1.807) is 0 Å². The van der Waals surface area contributed by atoms with Crippen LogP contribution in [0.4, 0.5) is 8.78 Å². The van der Waals surface area contributed by atoms with Gasteiger partial charge in [-0.1, -0.05) is 0 Å². The van der Waals surface area contributed by atoms with Gasteiger partial charge in [-0.2, -0.15) is 8.42 Å². The standard InChI is InChI=1S/C6H4F2O3S.ClH/c7-4-1-2-6(5(8)3-4)12(9,10)11;/h1-3H,(H,9,10,11);1H. The summed E-state index contributed by atoms with van der Waals surface area (Å²) >= 11 is 0. The van der Waals surface area contributed by atoms with Crippen LogP contribution in [-0.2, 0) is 10.1 Å². The molecule has 0 aliphatic heterocycles. The zero-order valence-corrected chi connectivity index (χ0v) is 7.70. The first-order valence-electron chi connectivity index (χ1n) is 2.84. The average Bonchev–Trinajstić information content (AvgIpc) is 1.83. The Hall–Kier alpha value is -0.720.